The first-order valence-corrected chi connectivity index (χ1v) is 12.5. The van der Waals surface area contributed by atoms with Crippen molar-refractivity contribution in [2.45, 2.75) is 85.0 Å². The molecule has 0 saturated carbocycles. The van der Waals surface area contributed by atoms with Crippen LogP contribution >= 0.6 is 0 Å². The molecular formula is C26H37F2N3O5. The third-order valence-electron chi connectivity index (χ3n) is 5.74. The summed E-state index contributed by atoms with van der Waals surface area (Å²) in [6.07, 6.45) is 7.12. The fourth-order valence-corrected chi connectivity index (χ4v) is 3.96. The molecule has 0 amide bonds. The molecule has 0 saturated heterocycles. The van der Waals surface area contributed by atoms with Gasteiger partial charge in [-0.05, 0) is 55.9 Å². The van der Waals surface area contributed by atoms with Crippen molar-refractivity contribution < 1.29 is 32.9 Å². The maximum atomic E-state index is 12.6. The predicted octanol–water partition coefficient (Wildman–Crippen LogP) is 5.86. The van der Waals surface area contributed by atoms with Crippen molar-refractivity contribution in [3.05, 3.63) is 29.3 Å². The van der Waals surface area contributed by atoms with Crippen molar-refractivity contribution in [3.8, 4) is 22.8 Å². The lowest BCUT2D eigenvalue weighted by Gasteiger charge is -2.19. The molecule has 200 valence electrons. The molecule has 1 unspecified atom stereocenters. The third-order valence-corrected chi connectivity index (χ3v) is 5.74. The smallest absolute Gasteiger partial charge is 0.387 e. The van der Waals surface area contributed by atoms with Gasteiger partial charge in [-0.2, -0.15) is 8.78 Å². The number of phenolic OH excluding ortho intramolecular Hbond substituents is 1. The van der Waals surface area contributed by atoms with E-state index < -0.39 is 6.61 Å². The first kappa shape index (κ1) is 29.2. The lowest BCUT2D eigenvalue weighted by molar-refractivity contribution is -0.128. The molecule has 2 N–H and O–H groups in total. The number of aromatic nitrogens is 2. The maximum absolute atomic E-state index is 12.6. The lowest BCUT2D eigenvalue weighted by atomic mass is 9.97. The highest BCUT2D eigenvalue weighted by atomic mass is 19.3. The van der Waals surface area contributed by atoms with Gasteiger partial charge in [0, 0.05) is 24.3 Å². The number of benzene rings is 1. The minimum absolute atomic E-state index is 0.111. The number of carbonyl (C=O) groups excluding carboxylic acids is 1. The van der Waals surface area contributed by atoms with Gasteiger partial charge in [-0.3, -0.25) is 4.79 Å². The minimum atomic E-state index is -2.97. The van der Waals surface area contributed by atoms with Crippen molar-refractivity contribution in [1.29, 1.82) is 0 Å². The Morgan fingerprint density at radius 1 is 1.17 bits per heavy atom. The van der Waals surface area contributed by atoms with Gasteiger partial charge < -0.3 is 24.6 Å². The number of aromatic hydroxyl groups is 1. The number of unbranched alkanes of at least 4 members (excludes halogenated alkanes) is 2. The Balaban J connectivity index is 0.000000830. The molecule has 36 heavy (non-hydrogen) atoms. The molecule has 1 aromatic carbocycles. The molecule has 3 rings (SSSR count). The Kier molecular flexibility index (Phi) is 12.9. The van der Waals surface area contributed by atoms with Crippen LogP contribution in [0, 0.1) is 0 Å². The van der Waals surface area contributed by atoms with E-state index in [1.807, 2.05) is 6.07 Å². The number of aryl methyl sites for hydroxylation is 1. The lowest BCUT2D eigenvalue weighted by Crippen LogP contribution is -2.19. The van der Waals surface area contributed by atoms with E-state index in [2.05, 4.69) is 38.8 Å². The summed E-state index contributed by atoms with van der Waals surface area (Å²) in [6.45, 7) is 4.72. The Morgan fingerprint density at radius 3 is 2.61 bits per heavy atom. The fraction of sp³-hybridized carbons (Fsp3) is 0.577. The van der Waals surface area contributed by atoms with Crippen LogP contribution in [0.25, 0.3) is 11.3 Å². The summed E-state index contributed by atoms with van der Waals surface area (Å²) in [5.41, 5.74) is 2.48. The molecule has 0 fully saturated rings. The van der Waals surface area contributed by atoms with Gasteiger partial charge in [0.1, 0.15) is 23.0 Å². The number of hydrogen-bond donors (Lipinski definition) is 2. The number of hydrogen-bond acceptors (Lipinski definition) is 8. The van der Waals surface area contributed by atoms with Crippen molar-refractivity contribution in [3.63, 3.8) is 0 Å². The van der Waals surface area contributed by atoms with E-state index in [4.69, 9.17) is 4.74 Å². The standard InChI is InChI=1S/C23H31F2N3O3.C3H6O2/c1-3-5-6-9-17(4-2)26-20-12-15-8-7-10-30-14-16-11-18(31-23(24)25)13-19(29)21(16)22(15)28-27-20;1-2-5-3-4/h11-13,17,23,29H,3-10,14H2,1-2H3,(H,26,27);3H,2H2,1H3. The molecular weight excluding hydrogens is 472 g/mol. The Morgan fingerprint density at radius 2 is 1.97 bits per heavy atom. The van der Waals surface area contributed by atoms with Gasteiger partial charge >= 0.3 is 6.61 Å². The number of nitrogens with zero attached hydrogens (tertiary/aromatic N) is 2. The van der Waals surface area contributed by atoms with Crippen LogP contribution in [0.5, 0.6) is 11.5 Å². The van der Waals surface area contributed by atoms with Gasteiger partial charge in [0.2, 0.25) is 0 Å². The number of anilines is 1. The Bertz CT molecular complexity index is 946. The molecule has 1 atom stereocenters. The first-order chi connectivity index (χ1) is 17.4. The number of carbonyl (C=O) groups is 1. The van der Waals surface area contributed by atoms with Crippen LogP contribution in [0.3, 0.4) is 0 Å². The van der Waals surface area contributed by atoms with Gasteiger partial charge in [-0.25, -0.2) is 0 Å². The molecule has 1 aromatic heterocycles. The highest BCUT2D eigenvalue weighted by Gasteiger charge is 2.22. The second kappa shape index (κ2) is 15.9. The van der Waals surface area contributed by atoms with Crippen molar-refractivity contribution >= 4 is 12.3 Å². The van der Waals surface area contributed by atoms with Gasteiger partial charge in [-0.15, -0.1) is 10.2 Å². The van der Waals surface area contributed by atoms with E-state index in [9.17, 15) is 18.7 Å². The molecule has 0 aliphatic carbocycles. The number of rotatable bonds is 11. The van der Waals surface area contributed by atoms with Crippen LogP contribution < -0.4 is 10.1 Å². The number of fused-ring (bicyclic) bond motifs is 3. The average molecular weight is 510 g/mol. The summed E-state index contributed by atoms with van der Waals surface area (Å²) in [5, 5.41) is 22.9. The van der Waals surface area contributed by atoms with E-state index in [1.165, 1.54) is 31.4 Å². The molecule has 0 bridgehead atoms. The highest BCUT2D eigenvalue weighted by Crippen LogP contribution is 2.39. The summed E-state index contributed by atoms with van der Waals surface area (Å²) >= 11 is 0. The molecule has 10 heteroatoms. The summed E-state index contributed by atoms with van der Waals surface area (Å²) in [4.78, 5) is 9.18. The van der Waals surface area contributed by atoms with Gasteiger partial charge in [-0.1, -0.05) is 33.1 Å². The normalized spacial score (nSPS) is 13.6. The molecule has 0 spiro atoms. The zero-order valence-corrected chi connectivity index (χ0v) is 21.3. The second-order valence-corrected chi connectivity index (χ2v) is 8.41. The van der Waals surface area contributed by atoms with Crippen LogP contribution in [-0.4, -0.2) is 47.6 Å². The predicted molar refractivity (Wildman–Crippen MR) is 133 cm³/mol. The van der Waals surface area contributed by atoms with Crippen LogP contribution in [0.2, 0.25) is 0 Å². The molecule has 8 nitrogen and oxygen atoms in total. The van der Waals surface area contributed by atoms with Gasteiger partial charge in [0.25, 0.3) is 6.47 Å². The SMILES string of the molecule is CCCCCC(CC)Nc1cc2c(nn1)-c1c(O)cc(OC(F)F)cc1COCCC2.CCOC=O. The Labute approximate surface area is 211 Å². The monoisotopic (exact) mass is 509 g/mol. The number of nitrogens with one attached hydrogen (secondary N) is 1. The van der Waals surface area contributed by atoms with Crippen LogP contribution in [0.15, 0.2) is 18.2 Å². The highest BCUT2D eigenvalue weighted by molar-refractivity contribution is 5.75. The topological polar surface area (TPSA) is 103 Å². The van der Waals surface area contributed by atoms with Gasteiger partial charge in [0.15, 0.2) is 0 Å². The first-order valence-electron chi connectivity index (χ1n) is 12.5. The van der Waals surface area contributed by atoms with Crippen molar-refractivity contribution in [2.24, 2.45) is 0 Å². The quantitative estimate of drug-likeness (QED) is 0.287. The van der Waals surface area contributed by atoms with Crippen LogP contribution in [0.4, 0.5) is 14.6 Å². The molecule has 1 aliphatic rings. The largest absolute Gasteiger partial charge is 0.507 e. The summed E-state index contributed by atoms with van der Waals surface area (Å²) in [5.74, 6) is 0.418. The molecule has 0 radical (unpaired) electrons. The maximum Gasteiger partial charge on any atom is 0.387 e. The van der Waals surface area contributed by atoms with E-state index in [1.54, 1.807) is 6.92 Å². The second-order valence-electron chi connectivity index (χ2n) is 8.41. The number of ether oxygens (including phenoxy) is 3. The summed E-state index contributed by atoms with van der Waals surface area (Å²) in [7, 11) is 0. The molecule has 1 aliphatic heterocycles. The summed E-state index contributed by atoms with van der Waals surface area (Å²) in [6, 6.07) is 4.95. The number of alkyl halides is 2. The third kappa shape index (κ3) is 9.22. The van der Waals surface area contributed by atoms with Crippen molar-refractivity contribution in [2.75, 3.05) is 18.5 Å². The zero-order chi connectivity index (χ0) is 26.3. The average Bonchev–Trinajstić information content (AvgIpc) is 2.92. The van der Waals surface area contributed by atoms with Crippen LogP contribution in [0.1, 0.15) is 70.4 Å². The minimum Gasteiger partial charge on any atom is -0.507 e. The number of phenols is 1. The van der Waals surface area contributed by atoms with Gasteiger partial charge in [0.05, 0.1) is 13.2 Å². The zero-order valence-electron chi connectivity index (χ0n) is 21.3. The fourth-order valence-electron chi connectivity index (χ4n) is 3.96. The molecule has 2 aromatic rings. The molecule has 2 heterocycles. The van der Waals surface area contributed by atoms with E-state index in [0.717, 1.165) is 24.8 Å². The number of halogens is 2. The summed E-state index contributed by atoms with van der Waals surface area (Å²) < 4.78 is 39.6. The van der Waals surface area contributed by atoms with Crippen LogP contribution in [-0.2, 0) is 27.3 Å². The van der Waals surface area contributed by atoms with E-state index >= 15 is 0 Å². The van der Waals surface area contributed by atoms with E-state index in [0.29, 0.717) is 54.8 Å². The Hall–Kier alpha value is -3.01. The van der Waals surface area contributed by atoms with E-state index in [-0.39, 0.29) is 18.1 Å². The van der Waals surface area contributed by atoms with Crippen molar-refractivity contribution in [1.82, 2.24) is 10.2 Å².